The van der Waals surface area contributed by atoms with Crippen molar-refractivity contribution in [2.75, 3.05) is 19.6 Å². The zero-order valence-electron chi connectivity index (χ0n) is 8.05. The van der Waals surface area contributed by atoms with E-state index in [1.807, 2.05) is 13.0 Å². The molecule has 1 saturated heterocycles. The summed E-state index contributed by atoms with van der Waals surface area (Å²) in [6.45, 7) is 4.52. The quantitative estimate of drug-likeness (QED) is 0.617. The first-order chi connectivity index (χ1) is 6.24. The van der Waals surface area contributed by atoms with E-state index < -0.39 is 6.43 Å². The fourth-order valence-electron chi connectivity index (χ4n) is 1.64. The summed E-state index contributed by atoms with van der Waals surface area (Å²) < 4.78 is 24.5. The minimum absolute atomic E-state index is 0.359. The highest BCUT2D eigenvalue weighted by molar-refractivity contribution is 4.83. The topological polar surface area (TPSA) is 3.24 Å². The van der Waals surface area contributed by atoms with Crippen LogP contribution in [0, 0.1) is 5.92 Å². The molecule has 1 aliphatic rings. The molecule has 0 unspecified atom stereocenters. The fourth-order valence-corrected chi connectivity index (χ4v) is 1.64. The van der Waals surface area contributed by atoms with Crippen LogP contribution in [0.25, 0.3) is 0 Å². The minimum Gasteiger partial charge on any atom is -0.300 e. The number of nitrogens with zero attached hydrogens (tertiary/aromatic N) is 1. The molecule has 0 amide bonds. The Labute approximate surface area is 78.4 Å². The number of allylic oxidation sites excluding steroid dienone is 1. The third-order valence-electron chi connectivity index (χ3n) is 2.59. The van der Waals surface area contributed by atoms with Crippen molar-refractivity contribution in [2.24, 2.45) is 5.92 Å². The first-order valence-electron chi connectivity index (χ1n) is 4.85. The van der Waals surface area contributed by atoms with Crippen molar-refractivity contribution < 1.29 is 8.78 Å². The number of likely N-dealkylation sites (tertiary alicyclic amines) is 1. The first kappa shape index (κ1) is 10.6. The lowest BCUT2D eigenvalue weighted by Gasteiger charge is -2.30. The van der Waals surface area contributed by atoms with E-state index in [1.54, 1.807) is 0 Å². The van der Waals surface area contributed by atoms with E-state index in [-0.39, 0.29) is 5.92 Å². The van der Waals surface area contributed by atoms with E-state index in [0.29, 0.717) is 12.8 Å². The maximum Gasteiger partial charge on any atom is 0.241 e. The molecule has 0 aromatic rings. The molecule has 3 heteroatoms. The molecule has 13 heavy (non-hydrogen) atoms. The Hall–Kier alpha value is -0.440. The molecular weight excluding hydrogens is 172 g/mol. The van der Waals surface area contributed by atoms with Gasteiger partial charge in [0, 0.05) is 12.5 Å². The molecule has 76 valence electrons. The van der Waals surface area contributed by atoms with Crippen molar-refractivity contribution in [2.45, 2.75) is 26.2 Å². The van der Waals surface area contributed by atoms with Crippen molar-refractivity contribution in [3.8, 4) is 0 Å². The molecule has 1 aliphatic heterocycles. The highest BCUT2D eigenvalue weighted by atomic mass is 19.3. The van der Waals surface area contributed by atoms with Crippen LogP contribution >= 0.6 is 0 Å². The molecule has 0 radical (unpaired) electrons. The van der Waals surface area contributed by atoms with E-state index in [0.717, 1.165) is 19.6 Å². The molecule has 1 nitrogen and oxygen atoms in total. The van der Waals surface area contributed by atoms with Crippen molar-refractivity contribution in [1.82, 2.24) is 4.90 Å². The van der Waals surface area contributed by atoms with Crippen LogP contribution in [0.3, 0.4) is 0 Å². The first-order valence-corrected chi connectivity index (χ1v) is 4.85. The van der Waals surface area contributed by atoms with Gasteiger partial charge in [-0.1, -0.05) is 12.2 Å². The number of halogens is 2. The molecule has 0 aromatic heterocycles. The predicted octanol–water partition coefficient (Wildman–Crippen LogP) is 2.54. The van der Waals surface area contributed by atoms with Crippen molar-refractivity contribution in [1.29, 1.82) is 0 Å². The number of rotatable bonds is 3. The van der Waals surface area contributed by atoms with Crippen LogP contribution in [0.2, 0.25) is 0 Å². The van der Waals surface area contributed by atoms with E-state index in [4.69, 9.17) is 0 Å². The van der Waals surface area contributed by atoms with E-state index >= 15 is 0 Å². The Morgan fingerprint density at radius 2 is 2.00 bits per heavy atom. The molecule has 0 N–H and O–H groups in total. The van der Waals surface area contributed by atoms with Crippen LogP contribution in [0.5, 0.6) is 0 Å². The molecule has 1 rings (SSSR count). The Morgan fingerprint density at radius 3 is 2.46 bits per heavy atom. The van der Waals surface area contributed by atoms with Crippen molar-refractivity contribution >= 4 is 0 Å². The Bertz CT molecular complexity index is 160. The van der Waals surface area contributed by atoms with Gasteiger partial charge in [-0.15, -0.1) is 0 Å². The van der Waals surface area contributed by atoms with Gasteiger partial charge in [-0.05, 0) is 32.9 Å². The third-order valence-corrected chi connectivity index (χ3v) is 2.59. The molecule has 0 saturated carbocycles. The third kappa shape index (κ3) is 3.43. The molecule has 0 aliphatic carbocycles. The summed E-state index contributed by atoms with van der Waals surface area (Å²) in [4.78, 5) is 2.22. The van der Waals surface area contributed by atoms with Crippen LogP contribution in [0.15, 0.2) is 12.2 Å². The number of piperidine rings is 1. The summed E-state index contributed by atoms with van der Waals surface area (Å²) in [5, 5.41) is 0. The van der Waals surface area contributed by atoms with Gasteiger partial charge in [-0.25, -0.2) is 8.78 Å². The van der Waals surface area contributed by atoms with Gasteiger partial charge in [0.05, 0.1) is 0 Å². The van der Waals surface area contributed by atoms with E-state index in [1.165, 1.54) is 0 Å². The highest BCUT2D eigenvalue weighted by Gasteiger charge is 2.25. The Balaban J connectivity index is 2.22. The molecule has 0 bridgehead atoms. The van der Waals surface area contributed by atoms with E-state index in [2.05, 4.69) is 11.0 Å². The minimum atomic E-state index is -2.12. The zero-order valence-corrected chi connectivity index (χ0v) is 8.05. The second-order valence-corrected chi connectivity index (χ2v) is 3.54. The predicted molar refractivity (Wildman–Crippen MR) is 50.0 cm³/mol. The molecule has 1 fully saturated rings. The molecule has 0 atom stereocenters. The van der Waals surface area contributed by atoms with Gasteiger partial charge < -0.3 is 0 Å². The summed E-state index contributed by atoms with van der Waals surface area (Å²) >= 11 is 0. The summed E-state index contributed by atoms with van der Waals surface area (Å²) in [6.07, 6.45) is 3.25. The lowest BCUT2D eigenvalue weighted by molar-refractivity contribution is 0.0377. The van der Waals surface area contributed by atoms with Crippen molar-refractivity contribution in [3.05, 3.63) is 12.2 Å². The second kappa shape index (κ2) is 5.32. The van der Waals surface area contributed by atoms with Gasteiger partial charge in [-0.2, -0.15) is 0 Å². The molecule has 0 aromatic carbocycles. The Morgan fingerprint density at radius 1 is 1.38 bits per heavy atom. The SMILES string of the molecule is C/C=C/CN1CCC(C(F)F)CC1. The van der Waals surface area contributed by atoms with Gasteiger partial charge >= 0.3 is 0 Å². The van der Waals surface area contributed by atoms with Crippen LogP contribution < -0.4 is 0 Å². The Kier molecular flexibility index (Phi) is 4.36. The highest BCUT2D eigenvalue weighted by Crippen LogP contribution is 2.23. The maximum atomic E-state index is 12.3. The standard InChI is InChI=1S/C10H17F2N/c1-2-3-6-13-7-4-9(5-8-13)10(11)12/h2-3,9-10H,4-8H2,1H3/b3-2+. The molecule has 1 heterocycles. The van der Waals surface area contributed by atoms with Gasteiger partial charge in [-0.3, -0.25) is 4.90 Å². The summed E-state index contributed by atoms with van der Waals surface area (Å²) in [6, 6.07) is 0. The maximum absolute atomic E-state index is 12.3. The van der Waals surface area contributed by atoms with E-state index in [9.17, 15) is 8.78 Å². The van der Waals surface area contributed by atoms with Gasteiger partial charge in [0.15, 0.2) is 0 Å². The van der Waals surface area contributed by atoms with Crippen molar-refractivity contribution in [3.63, 3.8) is 0 Å². The van der Waals surface area contributed by atoms with Crippen LogP contribution in [0.1, 0.15) is 19.8 Å². The largest absolute Gasteiger partial charge is 0.300 e. The zero-order chi connectivity index (χ0) is 9.68. The van der Waals surface area contributed by atoms with Crippen LogP contribution in [-0.4, -0.2) is 31.0 Å². The summed E-state index contributed by atoms with van der Waals surface area (Å²) in [7, 11) is 0. The average molecular weight is 189 g/mol. The fraction of sp³-hybridized carbons (Fsp3) is 0.800. The van der Waals surface area contributed by atoms with Gasteiger partial charge in [0.2, 0.25) is 6.43 Å². The monoisotopic (exact) mass is 189 g/mol. The number of hydrogen-bond acceptors (Lipinski definition) is 1. The lowest BCUT2D eigenvalue weighted by Crippen LogP contribution is -2.35. The summed E-state index contributed by atoms with van der Waals surface area (Å²) in [5.74, 6) is -0.359. The van der Waals surface area contributed by atoms with Crippen LogP contribution in [-0.2, 0) is 0 Å². The smallest absolute Gasteiger partial charge is 0.241 e. The summed E-state index contributed by atoms with van der Waals surface area (Å²) in [5.41, 5.74) is 0. The lowest BCUT2D eigenvalue weighted by atomic mass is 9.97. The molecule has 0 spiro atoms. The number of alkyl halides is 2. The average Bonchev–Trinajstić information content (AvgIpc) is 2.15. The van der Waals surface area contributed by atoms with Gasteiger partial charge in [0.1, 0.15) is 0 Å². The normalized spacial score (nSPS) is 21.8. The second-order valence-electron chi connectivity index (χ2n) is 3.54. The van der Waals surface area contributed by atoms with Gasteiger partial charge in [0.25, 0.3) is 0 Å². The molecular formula is C10H17F2N. The number of hydrogen-bond donors (Lipinski definition) is 0. The van der Waals surface area contributed by atoms with Crippen LogP contribution in [0.4, 0.5) is 8.78 Å².